The van der Waals surface area contributed by atoms with Crippen molar-refractivity contribution in [2.24, 2.45) is 0 Å². The van der Waals surface area contributed by atoms with E-state index in [0.29, 0.717) is 0 Å². The van der Waals surface area contributed by atoms with Crippen LogP contribution in [0.15, 0.2) is 94.7 Å². The molecule has 0 radical (unpaired) electrons. The Balaban J connectivity index is 3.34. The Hall–Kier alpha value is -1.73. The average molecular weight is 269 g/mol. The van der Waals surface area contributed by atoms with Gasteiger partial charge in [-0.25, -0.2) is 0 Å². The molecule has 1 aromatic rings. The molecule has 1 rings (SSSR count). The van der Waals surface area contributed by atoms with Crippen LogP contribution < -0.4 is 0 Å². The largest absolute Gasteiger partial charge is 0.166 e. The summed E-state index contributed by atoms with van der Waals surface area (Å²) >= 11 is 0. The molecule has 0 amide bonds. The molecule has 19 heavy (non-hydrogen) atoms. The summed E-state index contributed by atoms with van der Waals surface area (Å²) < 4.78 is 0. The van der Waals surface area contributed by atoms with Gasteiger partial charge in [-0.2, -0.15) is 0 Å². The minimum Gasteiger partial charge on any atom is -0.0941 e. The molecular weight excluding hydrogens is 248 g/mol. The third-order valence-electron chi connectivity index (χ3n) is 2.59. The summed E-state index contributed by atoms with van der Waals surface area (Å²) in [6.07, 6.45) is 12.2. The Labute approximate surface area is 119 Å². The van der Waals surface area contributed by atoms with Crippen LogP contribution in [-0.4, -0.2) is 0 Å². The van der Waals surface area contributed by atoms with Gasteiger partial charge in [-0.1, -0.05) is 43.5 Å². The van der Waals surface area contributed by atoms with Crippen LogP contribution >= 0.6 is 0 Å². The lowest BCUT2D eigenvalue weighted by Gasteiger charge is -2.08. The normalized spacial score (nSPS) is 14.4. The highest BCUT2D eigenvalue weighted by Gasteiger charge is 2.28. The number of allylic oxidation sites excluding steroid dienone is 6. The van der Waals surface area contributed by atoms with Gasteiger partial charge in [0.15, 0.2) is 14.7 Å². The van der Waals surface area contributed by atoms with Crippen molar-refractivity contribution in [3.05, 3.63) is 89.8 Å². The predicted octanol–water partition coefficient (Wildman–Crippen LogP) is 5.40. The van der Waals surface area contributed by atoms with Crippen LogP contribution in [0.1, 0.15) is 13.8 Å². The van der Waals surface area contributed by atoms with Gasteiger partial charge in [0, 0.05) is 0 Å². The molecule has 0 heterocycles. The fourth-order valence-corrected chi connectivity index (χ4v) is 3.72. The molecule has 98 valence electrons. The van der Waals surface area contributed by atoms with Gasteiger partial charge < -0.3 is 0 Å². The molecule has 0 aliphatic heterocycles. The topological polar surface area (TPSA) is 0 Å². The van der Waals surface area contributed by atoms with Crippen LogP contribution in [0.3, 0.4) is 0 Å². The van der Waals surface area contributed by atoms with Crippen LogP contribution in [0.5, 0.6) is 0 Å². The van der Waals surface area contributed by atoms with Gasteiger partial charge in [0.05, 0.1) is 10.9 Å². The fraction of sp³-hybridized carbons (Fsp3) is 0.111. The third-order valence-corrected chi connectivity index (χ3v) is 4.98. The zero-order chi connectivity index (χ0) is 14.1. The molecule has 0 saturated carbocycles. The molecule has 0 bridgehead atoms. The van der Waals surface area contributed by atoms with Crippen molar-refractivity contribution < 1.29 is 0 Å². The molecule has 0 spiro atoms. The summed E-state index contributed by atoms with van der Waals surface area (Å²) in [4.78, 5) is 3.71. The van der Waals surface area contributed by atoms with Crippen molar-refractivity contribution in [2.75, 3.05) is 0 Å². The lowest BCUT2D eigenvalue weighted by Crippen LogP contribution is -2.06. The quantitative estimate of drug-likeness (QED) is 0.479. The predicted molar refractivity (Wildman–Crippen MR) is 89.1 cm³/mol. The minimum absolute atomic E-state index is 0.130. The van der Waals surface area contributed by atoms with Crippen molar-refractivity contribution in [3.63, 3.8) is 0 Å². The van der Waals surface area contributed by atoms with E-state index in [1.807, 2.05) is 31.2 Å². The molecule has 0 N–H and O–H groups in total. The first kappa shape index (κ1) is 15.3. The second kappa shape index (κ2) is 8.39. The van der Waals surface area contributed by atoms with Gasteiger partial charge in [0.2, 0.25) is 0 Å². The van der Waals surface area contributed by atoms with E-state index in [1.54, 1.807) is 0 Å². The van der Waals surface area contributed by atoms with Gasteiger partial charge in [0.1, 0.15) is 0 Å². The van der Waals surface area contributed by atoms with Crippen molar-refractivity contribution in [3.8, 4) is 0 Å². The highest BCUT2D eigenvalue weighted by molar-refractivity contribution is 8.04. The van der Waals surface area contributed by atoms with Crippen molar-refractivity contribution in [1.29, 1.82) is 0 Å². The zero-order valence-electron chi connectivity index (χ0n) is 11.7. The molecule has 0 saturated heterocycles. The Morgan fingerprint density at radius 3 is 2.11 bits per heavy atom. The molecule has 1 atom stereocenters. The highest BCUT2D eigenvalue weighted by atomic mass is 32.2. The SMILES string of the molecule is C=C/C(=C\C)[S+](/C(C=C)=C/C=C\C)c1ccccc1. The molecule has 1 unspecified atom stereocenters. The summed E-state index contributed by atoms with van der Waals surface area (Å²) in [5.74, 6) is 0. The van der Waals surface area contributed by atoms with Crippen molar-refractivity contribution >= 4 is 10.9 Å². The van der Waals surface area contributed by atoms with E-state index in [4.69, 9.17) is 0 Å². The number of rotatable bonds is 6. The molecule has 1 aromatic carbocycles. The first-order chi connectivity index (χ1) is 9.28. The monoisotopic (exact) mass is 269 g/mol. The Morgan fingerprint density at radius 2 is 1.63 bits per heavy atom. The van der Waals surface area contributed by atoms with E-state index in [-0.39, 0.29) is 10.9 Å². The van der Waals surface area contributed by atoms with Crippen LogP contribution in [0, 0.1) is 0 Å². The Kier molecular flexibility index (Phi) is 6.76. The van der Waals surface area contributed by atoms with Gasteiger partial charge in [-0.05, 0) is 50.3 Å². The van der Waals surface area contributed by atoms with Gasteiger partial charge in [0.25, 0.3) is 0 Å². The van der Waals surface area contributed by atoms with Crippen molar-refractivity contribution in [2.45, 2.75) is 18.7 Å². The second-order valence-corrected chi connectivity index (χ2v) is 5.84. The average Bonchev–Trinajstić information content (AvgIpc) is 2.48. The molecule has 0 aliphatic rings. The van der Waals surface area contributed by atoms with Gasteiger partial charge in [-0.15, -0.1) is 0 Å². The summed E-state index contributed by atoms with van der Waals surface area (Å²) in [7, 11) is -0.130. The first-order valence-electron chi connectivity index (χ1n) is 6.32. The zero-order valence-corrected chi connectivity index (χ0v) is 12.5. The van der Waals surface area contributed by atoms with E-state index in [2.05, 4.69) is 62.6 Å². The van der Waals surface area contributed by atoms with E-state index in [1.165, 1.54) is 14.7 Å². The lowest BCUT2D eigenvalue weighted by molar-refractivity contribution is 1.45. The van der Waals surface area contributed by atoms with Crippen LogP contribution in [0.4, 0.5) is 0 Å². The summed E-state index contributed by atoms with van der Waals surface area (Å²) in [5.41, 5.74) is 0. The second-order valence-electron chi connectivity index (χ2n) is 3.81. The molecule has 1 heteroatoms. The van der Waals surface area contributed by atoms with E-state index in [9.17, 15) is 0 Å². The van der Waals surface area contributed by atoms with E-state index < -0.39 is 0 Å². The lowest BCUT2D eigenvalue weighted by atomic mass is 10.4. The first-order valence-corrected chi connectivity index (χ1v) is 7.54. The molecule has 0 aliphatic carbocycles. The van der Waals surface area contributed by atoms with E-state index in [0.717, 1.165) is 0 Å². The smallest absolute Gasteiger partial charge is 0.0941 e. The molecule has 0 nitrogen and oxygen atoms in total. The highest BCUT2D eigenvalue weighted by Crippen LogP contribution is 2.30. The molecular formula is C18H21S+. The number of hydrogen-bond acceptors (Lipinski definition) is 0. The maximum absolute atomic E-state index is 3.95. The van der Waals surface area contributed by atoms with Crippen LogP contribution in [0.2, 0.25) is 0 Å². The van der Waals surface area contributed by atoms with Crippen LogP contribution in [0.25, 0.3) is 0 Å². The molecule has 0 aromatic heterocycles. The number of hydrogen-bond donors (Lipinski definition) is 0. The van der Waals surface area contributed by atoms with Crippen molar-refractivity contribution in [1.82, 2.24) is 0 Å². The Morgan fingerprint density at radius 1 is 1.00 bits per heavy atom. The summed E-state index contributed by atoms with van der Waals surface area (Å²) in [5, 5.41) is 0. The standard InChI is InChI=1S/C18H21S/c1-5-9-13-17(8-4)19(16(6-2)7-3)18-14-11-10-12-15-18/h5-15H,2,4H2,1,3H3/q+1/b9-5-,16-7+,17-13+. The third kappa shape index (κ3) is 4.15. The minimum atomic E-state index is -0.130. The summed E-state index contributed by atoms with van der Waals surface area (Å²) in [6, 6.07) is 10.5. The maximum Gasteiger partial charge on any atom is 0.166 e. The van der Waals surface area contributed by atoms with Gasteiger partial charge in [-0.3, -0.25) is 0 Å². The van der Waals surface area contributed by atoms with Gasteiger partial charge >= 0.3 is 0 Å². The Bertz CT molecular complexity index is 504. The number of benzene rings is 1. The fourth-order valence-electron chi connectivity index (χ4n) is 1.69. The maximum atomic E-state index is 3.95. The summed E-state index contributed by atoms with van der Waals surface area (Å²) in [6.45, 7) is 12.0. The van der Waals surface area contributed by atoms with Crippen LogP contribution in [-0.2, 0) is 10.9 Å². The van der Waals surface area contributed by atoms with E-state index >= 15 is 0 Å². The molecule has 0 fully saturated rings.